The molecule has 122 valence electrons. The zero-order valence-electron chi connectivity index (χ0n) is 13.4. The molecule has 3 aromatic rings. The molecule has 0 N–H and O–H groups in total. The fraction of sp³-hybridized carbons (Fsp3) is 0.167. The molecule has 1 aromatic heterocycles. The summed E-state index contributed by atoms with van der Waals surface area (Å²) in [6, 6.07) is 14.5. The molecule has 0 unspecified atom stereocenters. The van der Waals surface area contributed by atoms with E-state index in [0.29, 0.717) is 16.1 Å². The molecular weight excluding hydrogens is 326 g/mol. The summed E-state index contributed by atoms with van der Waals surface area (Å²) in [5, 5.41) is 6.34. The Morgan fingerprint density at radius 1 is 1.08 bits per heavy atom. The van der Waals surface area contributed by atoms with Crippen LogP contribution in [0.25, 0.3) is 22.0 Å². The third-order valence-corrected chi connectivity index (χ3v) is 4.02. The molecular formula is C18H16ClN3O2. The van der Waals surface area contributed by atoms with Gasteiger partial charge in [-0.1, -0.05) is 41.9 Å². The van der Waals surface area contributed by atoms with Gasteiger partial charge in [0, 0.05) is 30.1 Å². The number of hydrogen-bond donors (Lipinski definition) is 0. The number of rotatable bonds is 3. The predicted octanol–water partition coefficient (Wildman–Crippen LogP) is 2.81. The van der Waals surface area contributed by atoms with Crippen molar-refractivity contribution >= 4 is 28.3 Å². The molecule has 3 rings (SSSR count). The quantitative estimate of drug-likeness (QED) is 0.736. The number of carbonyl (C=O) groups is 1. The first-order valence-corrected chi connectivity index (χ1v) is 7.81. The van der Waals surface area contributed by atoms with E-state index in [2.05, 4.69) is 5.10 Å². The normalized spacial score (nSPS) is 10.8. The van der Waals surface area contributed by atoms with Crippen molar-refractivity contribution in [3.63, 3.8) is 0 Å². The van der Waals surface area contributed by atoms with Crippen LogP contribution in [-0.2, 0) is 11.3 Å². The summed E-state index contributed by atoms with van der Waals surface area (Å²) < 4.78 is 1.22. The second-order valence-electron chi connectivity index (χ2n) is 5.65. The van der Waals surface area contributed by atoms with Gasteiger partial charge in [0.05, 0.1) is 11.1 Å². The summed E-state index contributed by atoms with van der Waals surface area (Å²) in [6.45, 7) is -0.0999. The largest absolute Gasteiger partial charge is 0.347 e. The van der Waals surface area contributed by atoms with Gasteiger partial charge in [-0.05, 0) is 18.2 Å². The Morgan fingerprint density at radius 2 is 1.71 bits per heavy atom. The molecule has 1 amide bonds. The summed E-state index contributed by atoms with van der Waals surface area (Å²) in [6.07, 6.45) is 0. The minimum atomic E-state index is -0.279. The van der Waals surface area contributed by atoms with Crippen LogP contribution in [0.3, 0.4) is 0 Å². The Bertz CT molecular complexity index is 962. The Morgan fingerprint density at radius 3 is 2.33 bits per heavy atom. The van der Waals surface area contributed by atoms with E-state index in [1.54, 1.807) is 38.4 Å². The number of carbonyl (C=O) groups excluding carboxylic acids is 1. The lowest BCUT2D eigenvalue weighted by atomic mass is 10.1. The lowest BCUT2D eigenvalue weighted by Gasteiger charge is -2.14. The summed E-state index contributed by atoms with van der Waals surface area (Å²) >= 11 is 5.95. The second kappa shape index (κ2) is 6.45. The van der Waals surface area contributed by atoms with Gasteiger partial charge in [0.1, 0.15) is 6.54 Å². The molecule has 24 heavy (non-hydrogen) atoms. The minimum absolute atomic E-state index is 0.0999. The highest BCUT2D eigenvalue weighted by Crippen LogP contribution is 2.25. The highest BCUT2D eigenvalue weighted by atomic mass is 35.5. The van der Waals surface area contributed by atoms with E-state index in [1.807, 2.05) is 24.3 Å². The summed E-state index contributed by atoms with van der Waals surface area (Å²) in [7, 11) is 3.29. The van der Waals surface area contributed by atoms with Crippen LogP contribution < -0.4 is 5.56 Å². The van der Waals surface area contributed by atoms with E-state index < -0.39 is 0 Å². The van der Waals surface area contributed by atoms with Crippen molar-refractivity contribution in [3.8, 4) is 11.3 Å². The van der Waals surface area contributed by atoms with Crippen LogP contribution in [0.2, 0.25) is 5.02 Å². The molecule has 1 heterocycles. The maximum absolute atomic E-state index is 12.6. The molecule has 0 aliphatic heterocycles. The third kappa shape index (κ3) is 3.03. The zero-order chi connectivity index (χ0) is 17.3. The third-order valence-electron chi connectivity index (χ3n) is 3.77. The molecule has 0 spiro atoms. The summed E-state index contributed by atoms with van der Waals surface area (Å²) in [4.78, 5) is 26.1. The lowest BCUT2D eigenvalue weighted by Crippen LogP contribution is -2.33. The number of hydrogen-bond acceptors (Lipinski definition) is 3. The van der Waals surface area contributed by atoms with Crippen LogP contribution in [0.1, 0.15) is 0 Å². The molecule has 0 fully saturated rings. The van der Waals surface area contributed by atoms with Gasteiger partial charge in [-0.2, -0.15) is 5.10 Å². The Balaban J connectivity index is 2.24. The molecule has 6 heteroatoms. The van der Waals surface area contributed by atoms with Crippen LogP contribution in [0.4, 0.5) is 0 Å². The second-order valence-corrected chi connectivity index (χ2v) is 6.09. The number of amides is 1. The Kier molecular flexibility index (Phi) is 4.36. The van der Waals surface area contributed by atoms with E-state index in [0.717, 1.165) is 10.9 Å². The number of halogens is 1. The first kappa shape index (κ1) is 16.2. The minimum Gasteiger partial charge on any atom is -0.347 e. The van der Waals surface area contributed by atoms with E-state index in [1.165, 1.54) is 9.58 Å². The van der Waals surface area contributed by atoms with Gasteiger partial charge in [-0.3, -0.25) is 9.59 Å². The van der Waals surface area contributed by atoms with Crippen molar-refractivity contribution < 1.29 is 4.79 Å². The van der Waals surface area contributed by atoms with Crippen LogP contribution in [-0.4, -0.2) is 34.7 Å². The topological polar surface area (TPSA) is 55.2 Å². The molecule has 0 saturated carbocycles. The SMILES string of the molecule is CN(C)C(=O)Cn1nc(-c2ccc(Cl)cc2)c2ccccc2c1=O. The molecule has 0 aliphatic carbocycles. The first-order valence-electron chi connectivity index (χ1n) is 7.43. The average Bonchev–Trinajstić information content (AvgIpc) is 2.58. The number of likely N-dealkylation sites (N-methyl/N-ethyl adjacent to an activating group) is 1. The van der Waals surface area contributed by atoms with Crippen LogP contribution in [0.5, 0.6) is 0 Å². The van der Waals surface area contributed by atoms with Gasteiger partial charge in [0.15, 0.2) is 0 Å². The van der Waals surface area contributed by atoms with Crippen molar-refractivity contribution in [1.82, 2.24) is 14.7 Å². The molecule has 0 bridgehead atoms. The monoisotopic (exact) mass is 341 g/mol. The van der Waals surface area contributed by atoms with Crippen molar-refractivity contribution in [2.75, 3.05) is 14.1 Å². The van der Waals surface area contributed by atoms with Crippen molar-refractivity contribution in [2.45, 2.75) is 6.54 Å². The molecule has 2 aromatic carbocycles. The zero-order valence-corrected chi connectivity index (χ0v) is 14.1. The average molecular weight is 342 g/mol. The van der Waals surface area contributed by atoms with Gasteiger partial charge in [-0.15, -0.1) is 0 Å². The van der Waals surface area contributed by atoms with Crippen molar-refractivity contribution in [1.29, 1.82) is 0 Å². The molecule has 0 atom stereocenters. The fourth-order valence-corrected chi connectivity index (χ4v) is 2.56. The van der Waals surface area contributed by atoms with E-state index in [9.17, 15) is 9.59 Å². The smallest absolute Gasteiger partial charge is 0.275 e. The molecule has 5 nitrogen and oxygen atoms in total. The van der Waals surface area contributed by atoms with E-state index >= 15 is 0 Å². The maximum atomic E-state index is 12.6. The van der Waals surface area contributed by atoms with Gasteiger partial charge < -0.3 is 4.90 Å². The van der Waals surface area contributed by atoms with Crippen molar-refractivity contribution in [2.24, 2.45) is 0 Å². The van der Waals surface area contributed by atoms with Gasteiger partial charge in [-0.25, -0.2) is 4.68 Å². The predicted molar refractivity (Wildman–Crippen MR) is 95.1 cm³/mol. The van der Waals surface area contributed by atoms with Crippen LogP contribution in [0, 0.1) is 0 Å². The molecule has 0 aliphatic rings. The summed E-state index contributed by atoms with van der Waals surface area (Å²) in [5.41, 5.74) is 1.20. The number of benzene rings is 2. The van der Waals surface area contributed by atoms with E-state index in [-0.39, 0.29) is 18.0 Å². The Hall–Kier alpha value is -2.66. The van der Waals surface area contributed by atoms with Gasteiger partial charge >= 0.3 is 0 Å². The molecule has 0 radical (unpaired) electrons. The van der Waals surface area contributed by atoms with E-state index in [4.69, 9.17) is 11.6 Å². The highest BCUT2D eigenvalue weighted by molar-refractivity contribution is 6.30. The fourth-order valence-electron chi connectivity index (χ4n) is 2.43. The van der Waals surface area contributed by atoms with Crippen LogP contribution >= 0.6 is 11.6 Å². The lowest BCUT2D eigenvalue weighted by molar-refractivity contribution is -0.129. The Labute approximate surface area is 144 Å². The highest BCUT2D eigenvalue weighted by Gasteiger charge is 2.14. The molecule has 0 saturated heterocycles. The first-order chi connectivity index (χ1) is 11.5. The number of aromatic nitrogens is 2. The number of nitrogens with zero attached hydrogens (tertiary/aromatic N) is 3. The van der Waals surface area contributed by atoms with Crippen LogP contribution in [0.15, 0.2) is 53.3 Å². The van der Waals surface area contributed by atoms with Crippen molar-refractivity contribution in [3.05, 3.63) is 63.9 Å². The number of fused-ring (bicyclic) bond motifs is 1. The standard InChI is InChI=1S/C18H16ClN3O2/c1-21(2)16(23)11-22-18(24)15-6-4-3-5-14(15)17(20-22)12-7-9-13(19)10-8-12/h3-10H,11H2,1-2H3. The summed E-state index contributed by atoms with van der Waals surface area (Å²) in [5.74, 6) is -0.193. The van der Waals surface area contributed by atoms with Gasteiger partial charge in [0.2, 0.25) is 5.91 Å². The maximum Gasteiger partial charge on any atom is 0.275 e. The van der Waals surface area contributed by atoms with Gasteiger partial charge in [0.25, 0.3) is 5.56 Å².